The highest BCUT2D eigenvalue weighted by Gasteiger charge is 2.39. The number of carbonyl (C=O) groups excluding carboxylic acids is 2. The third-order valence-electron chi connectivity index (χ3n) is 9.25. The molecule has 1 amide bonds. The first-order chi connectivity index (χ1) is 23.2. The summed E-state index contributed by atoms with van der Waals surface area (Å²) in [6.07, 6.45) is -1.23. The average molecular weight is 681 g/mol. The Labute approximate surface area is 276 Å². The Kier molecular flexibility index (Phi) is 7.81. The molecule has 0 unspecified atom stereocenters. The number of amides is 1. The van der Waals surface area contributed by atoms with Crippen LogP contribution in [0.1, 0.15) is 33.0 Å². The minimum atomic E-state index is -4.73. The molecule has 0 radical (unpaired) electrons. The molecule has 14 heteroatoms. The van der Waals surface area contributed by atoms with Crippen molar-refractivity contribution in [2.45, 2.75) is 25.7 Å². The van der Waals surface area contributed by atoms with E-state index in [0.29, 0.717) is 53.1 Å². The third kappa shape index (κ3) is 5.53. The first kappa shape index (κ1) is 32.4. The average Bonchev–Trinajstić information content (AvgIpc) is 3.54. The minimum Gasteiger partial charge on any atom is -0.372 e. The van der Waals surface area contributed by atoms with Gasteiger partial charge in [-0.1, -0.05) is 12.1 Å². The van der Waals surface area contributed by atoms with Crippen LogP contribution in [0.3, 0.4) is 0 Å². The number of imidazole rings is 1. The maximum atomic E-state index is 15.2. The van der Waals surface area contributed by atoms with Gasteiger partial charge in [0.15, 0.2) is 0 Å². The summed E-state index contributed by atoms with van der Waals surface area (Å²) in [5, 5.41) is 2.14. The normalized spacial score (nSPS) is 15.5. The molecule has 2 aliphatic rings. The zero-order valence-corrected chi connectivity index (χ0v) is 26.6. The fourth-order valence-electron chi connectivity index (χ4n) is 6.70. The predicted molar refractivity (Wildman–Crippen MR) is 173 cm³/mol. The van der Waals surface area contributed by atoms with Gasteiger partial charge in [-0.25, -0.2) is 18.2 Å². The molecule has 8 nitrogen and oxygen atoms in total. The molecule has 2 aliphatic heterocycles. The zero-order chi connectivity index (χ0) is 34.9. The lowest BCUT2D eigenvalue weighted by Gasteiger charge is -2.33. The molecule has 5 heterocycles. The van der Waals surface area contributed by atoms with Crippen molar-refractivity contribution >= 4 is 39.6 Å². The van der Waals surface area contributed by atoms with E-state index < -0.39 is 46.9 Å². The minimum absolute atomic E-state index is 0.00121. The second-order valence-corrected chi connectivity index (χ2v) is 12.4. The lowest BCUT2D eigenvalue weighted by atomic mass is 9.92. The smallest absolute Gasteiger partial charge is 0.372 e. The van der Waals surface area contributed by atoms with E-state index in [1.165, 1.54) is 28.8 Å². The topological polar surface area (TPSA) is 74.9 Å². The fraction of sp³-hybridized carbons (Fsp3) is 0.286. The van der Waals surface area contributed by atoms with Gasteiger partial charge in [0.1, 0.15) is 34.8 Å². The number of ketones is 1. The molecule has 0 spiro atoms. The molecule has 5 aromatic rings. The predicted octanol–water partition coefficient (Wildman–Crippen LogP) is 6.47. The number of hydrogen-bond acceptors (Lipinski definition) is 5. The number of benzene rings is 2. The molecule has 1 fully saturated rings. The van der Waals surface area contributed by atoms with Crippen LogP contribution in [0.2, 0.25) is 0 Å². The Morgan fingerprint density at radius 1 is 1.08 bits per heavy atom. The van der Waals surface area contributed by atoms with Gasteiger partial charge in [-0.15, -0.1) is 0 Å². The van der Waals surface area contributed by atoms with Crippen LogP contribution in [0.25, 0.3) is 27.7 Å². The molecular formula is C35H30F6N6O2. The molecule has 49 heavy (non-hydrogen) atoms. The molecule has 3 aromatic heterocycles. The molecule has 1 N–H and O–H groups in total. The van der Waals surface area contributed by atoms with Gasteiger partial charge < -0.3 is 19.2 Å². The van der Waals surface area contributed by atoms with E-state index in [2.05, 4.69) is 10.3 Å². The van der Waals surface area contributed by atoms with E-state index in [1.807, 2.05) is 0 Å². The standard InChI is InChI=1S/C35H30F6N6O2/c1-18-42-31-26(45(18)3)15-23(35(39,40)41)29-22-6-4-10-47-27(14-19(32(22)47)8-11-44(2)33(29)31)34(49)20-12-24(37)30(25(38)13-20)43-28(48)7-5-9-46-16-21(36)17-46/h4-7,10,12-15,21H,8-9,11,16-17H2,1-3H3,(H,43,48)/b7-5+. The summed E-state index contributed by atoms with van der Waals surface area (Å²) in [6, 6.07) is 7.32. The largest absolute Gasteiger partial charge is 0.417 e. The number of nitrogens with zero attached hydrogens (tertiary/aromatic N) is 5. The monoisotopic (exact) mass is 680 g/mol. The number of aryl methyl sites for hydroxylation is 2. The van der Waals surface area contributed by atoms with Gasteiger partial charge in [0.2, 0.25) is 11.7 Å². The number of likely N-dealkylation sites (tertiary alicyclic amines) is 1. The number of hydrogen-bond donors (Lipinski definition) is 1. The van der Waals surface area contributed by atoms with E-state index in [4.69, 9.17) is 0 Å². The van der Waals surface area contributed by atoms with Crippen LogP contribution in [0.4, 0.5) is 37.7 Å². The quantitative estimate of drug-likeness (QED) is 0.127. The molecule has 0 bridgehead atoms. The van der Waals surface area contributed by atoms with E-state index in [-0.39, 0.29) is 35.5 Å². The van der Waals surface area contributed by atoms with Gasteiger partial charge in [0.05, 0.1) is 28.0 Å². The van der Waals surface area contributed by atoms with Crippen LogP contribution >= 0.6 is 0 Å². The summed E-state index contributed by atoms with van der Waals surface area (Å²) < 4.78 is 90.8. The van der Waals surface area contributed by atoms with Gasteiger partial charge in [-0.05, 0) is 49.2 Å². The number of fused-ring (bicyclic) bond motifs is 4. The second kappa shape index (κ2) is 11.8. The number of rotatable bonds is 6. The first-order valence-electron chi connectivity index (χ1n) is 15.5. The van der Waals surface area contributed by atoms with Crippen LogP contribution in [0.5, 0.6) is 0 Å². The van der Waals surface area contributed by atoms with Gasteiger partial charge in [-0.2, -0.15) is 13.2 Å². The molecule has 0 saturated carbocycles. The number of pyridine rings is 1. The molecule has 2 aromatic carbocycles. The highest BCUT2D eigenvalue weighted by molar-refractivity contribution is 6.11. The highest BCUT2D eigenvalue weighted by Crippen LogP contribution is 2.48. The summed E-state index contributed by atoms with van der Waals surface area (Å²) in [5.41, 5.74) is 0.211. The number of alkyl halides is 4. The van der Waals surface area contributed by atoms with Crippen molar-refractivity contribution in [2.75, 3.05) is 43.4 Å². The third-order valence-corrected chi connectivity index (χ3v) is 9.25. The number of carbonyl (C=O) groups is 2. The van der Waals surface area contributed by atoms with Crippen LogP contribution in [-0.2, 0) is 24.4 Å². The van der Waals surface area contributed by atoms with Crippen molar-refractivity contribution in [1.29, 1.82) is 0 Å². The second-order valence-electron chi connectivity index (χ2n) is 12.4. The lowest BCUT2D eigenvalue weighted by molar-refractivity contribution is -0.137. The Morgan fingerprint density at radius 2 is 1.80 bits per heavy atom. The van der Waals surface area contributed by atoms with Crippen molar-refractivity contribution in [3.05, 3.63) is 94.6 Å². The number of likely N-dealkylation sites (N-methyl/N-ethyl adjacent to an activating group) is 1. The van der Waals surface area contributed by atoms with Crippen LogP contribution in [0.15, 0.2) is 54.7 Å². The summed E-state index contributed by atoms with van der Waals surface area (Å²) in [6.45, 7) is 2.80. The molecule has 0 atom stereocenters. The Balaban J connectivity index is 1.29. The number of nitrogens with one attached hydrogen (secondary N) is 1. The molecule has 254 valence electrons. The van der Waals surface area contributed by atoms with Gasteiger partial charge in [0.25, 0.3) is 0 Å². The number of halogens is 6. The van der Waals surface area contributed by atoms with E-state index in [9.17, 15) is 27.2 Å². The maximum Gasteiger partial charge on any atom is 0.417 e. The lowest BCUT2D eigenvalue weighted by Crippen LogP contribution is -2.48. The Hall–Kier alpha value is -5.11. The Morgan fingerprint density at radius 3 is 2.47 bits per heavy atom. The summed E-state index contributed by atoms with van der Waals surface area (Å²) in [4.78, 5) is 34.2. The zero-order valence-electron chi connectivity index (χ0n) is 26.6. The van der Waals surface area contributed by atoms with Crippen LogP contribution in [-0.4, -0.2) is 69.9 Å². The molecule has 7 rings (SSSR count). The number of anilines is 2. The van der Waals surface area contributed by atoms with Crippen molar-refractivity contribution in [1.82, 2.24) is 18.9 Å². The van der Waals surface area contributed by atoms with E-state index >= 15 is 8.78 Å². The molecule has 1 saturated heterocycles. The molecular weight excluding hydrogens is 650 g/mol. The number of aromatic nitrogens is 3. The summed E-state index contributed by atoms with van der Waals surface area (Å²) >= 11 is 0. The SMILES string of the molecule is Cc1nc2c3c(c(C(F)(F)F)cc2n1C)-c1cccn2c(C(=O)c4cc(F)c(NC(=O)/C=C/CN5CC(F)C5)c(F)c4)cc(c12)CCN3C. The van der Waals surface area contributed by atoms with E-state index in [0.717, 1.165) is 24.3 Å². The van der Waals surface area contributed by atoms with Gasteiger partial charge >= 0.3 is 6.18 Å². The first-order valence-corrected chi connectivity index (χ1v) is 15.5. The van der Waals surface area contributed by atoms with Crippen molar-refractivity contribution < 1.29 is 35.9 Å². The summed E-state index contributed by atoms with van der Waals surface area (Å²) in [7, 11) is 3.36. The summed E-state index contributed by atoms with van der Waals surface area (Å²) in [5.74, 6) is -3.41. The van der Waals surface area contributed by atoms with Crippen molar-refractivity contribution in [2.24, 2.45) is 7.05 Å². The van der Waals surface area contributed by atoms with Crippen molar-refractivity contribution in [3.63, 3.8) is 0 Å². The van der Waals surface area contributed by atoms with Gasteiger partial charge in [0, 0.05) is 69.2 Å². The maximum absolute atomic E-state index is 15.2. The van der Waals surface area contributed by atoms with Crippen LogP contribution in [0, 0.1) is 18.6 Å². The highest BCUT2D eigenvalue weighted by atomic mass is 19.4. The fourth-order valence-corrected chi connectivity index (χ4v) is 6.70. The van der Waals surface area contributed by atoms with Crippen LogP contribution < -0.4 is 10.2 Å². The Bertz CT molecular complexity index is 2190. The van der Waals surface area contributed by atoms with Crippen molar-refractivity contribution in [3.8, 4) is 11.1 Å². The van der Waals surface area contributed by atoms with E-state index in [1.54, 1.807) is 41.5 Å². The van der Waals surface area contributed by atoms with Gasteiger partial charge in [-0.3, -0.25) is 14.5 Å². The molecule has 0 aliphatic carbocycles.